The minimum absolute atomic E-state index is 0.180. The van der Waals surface area contributed by atoms with Crippen molar-refractivity contribution in [2.24, 2.45) is 0 Å². The molecule has 0 bridgehead atoms. The van der Waals surface area contributed by atoms with Crippen LogP contribution < -0.4 is 0 Å². The van der Waals surface area contributed by atoms with Crippen LogP contribution in [0.5, 0.6) is 0 Å². The van der Waals surface area contributed by atoms with Crippen LogP contribution in [-0.4, -0.2) is 66.8 Å². The third-order valence-corrected chi connectivity index (χ3v) is 2.14. The van der Waals surface area contributed by atoms with E-state index in [1.54, 1.807) is 19.0 Å². The lowest BCUT2D eigenvalue weighted by Gasteiger charge is -2.28. The minimum atomic E-state index is -5.15. The molecule has 122 valence electrons. The Kier molecular flexibility index (Phi) is 7.56. The highest BCUT2D eigenvalue weighted by atomic mass is 19.3. The molecule has 0 aliphatic heterocycles. The molecule has 0 aliphatic carbocycles. The first-order valence-electron chi connectivity index (χ1n) is 5.71. The lowest BCUT2D eigenvalue weighted by Crippen LogP contribution is -2.48. The maximum absolute atomic E-state index is 13.2. The summed E-state index contributed by atoms with van der Waals surface area (Å²) in [5.41, 5.74) is 0. The van der Waals surface area contributed by atoms with Crippen LogP contribution in [0.3, 0.4) is 0 Å². The Labute approximate surface area is 118 Å². The molecule has 0 unspecified atom stereocenters. The first-order chi connectivity index (χ1) is 9.51. The van der Waals surface area contributed by atoms with Gasteiger partial charge >= 0.3 is 18.0 Å². The maximum atomic E-state index is 13.2. The van der Waals surface area contributed by atoms with Crippen molar-refractivity contribution in [1.29, 1.82) is 0 Å². The van der Waals surface area contributed by atoms with E-state index in [9.17, 15) is 26.7 Å². The fourth-order valence-electron chi connectivity index (χ4n) is 1.22. The van der Waals surface area contributed by atoms with E-state index in [0.717, 1.165) is 0 Å². The van der Waals surface area contributed by atoms with Gasteiger partial charge in [-0.25, -0.2) is 4.84 Å². The van der Waals surface area contributed by atoms with Crippen LogP contribution in [0.25, 0.3) is 0 Å². The second-order valence-corrected chi connectivity index (χ2v) is 4.32. The normalized spacial score (nSPS) is 12.4. The molecule has 10 heteroatoms. The van der Waals surface area contributed by atoms with Crippen molar-refractivity contribution in [3.8, 4) is 12.1 Å². The zero-order chi connectivity index (χ0) is 16.7. The summed E-state index contributed by atoms with van der Waals surface area (Å²) in [4.78, 5) is 15.9. The zero-order valence-corrected chi connectivity index (χ0v) is 11.4. The van der Waals surface area contributed by atoms with Crippen LogP contribution in [-0.2, 0) is 9.63 Å². The highest BCUT2D eigenvalue weighted by Gasteiger charge is 2.59. The lowest BCUT2D eigenvalue weighted by molar-refractivity contribution is -0.407. The van der Waals surface area contributed by atoms with Gasteiger partial charge in [-0.15, -0.1) is 4.39 Å². The molecule has 5 nitrogen and oxygen atoms in total. The Hall–Kier alpha value is -1.44. The Morgan fingerprint density at radius 3 is 2.24 bits per heavy atom. The van der Waals surface area contributed by atoms with Gasteiger partial charge in [-0.3, -0.25) is 4.79 Å². The Balaban J connectivity index is 4.84. The second-order valence-electron chi connectivity index (χ2n) is 4.32. The fraction of sp³-hybridized carbons (Fsp3) is 0.727. The molecule has 0 rings (SSSR count). The number of hydroxylamine groups is 2. The van der Waals surface area contributed by atoms with Gasteiger partial charge in [0, 0.05) is 12.5 Å². The highest BCUT2D eigenvalue weighted by molar-refractivity contribution is 5.68. The number of hydrogen-bond donors (Lipinski definition) is 1. The van der Waals surface area contributed by atoms with Crippen LogP contribution in [0.2, 0.25) is 0 Å². The van der Waals surface area contributed by atoms with Gasteiger partial charge in [0.2, 0.25) is 0 Å². The molecule has 0 aromatic carbocycles. The van der Waals surface area contributed by atoms with Crippen molar-refractivity contribution >= 4 is 5.97 Å². The molecule has 0 aromatic rings. The summed E-state index contributed by atoms with van der Waals surface area (Å²) in [5, 5.41) is 8.72. The van der Waals surface area contributed by atoms with E-state index in [0.29, 0.717) is 12.5 Å². The number of halogens is 5. The summed E-state index contributed by atoms with van der Waals surface area (Å²) in [5.74, 6) is -6.24. The van der Waals surface area contributed by atoms with Gasteiger partial charge in [-0.2, -0.15) is 22.6 Å². The predicted octanol–water partition coefficient (Wildman–Crippen LogP) is 1.41. The van der Waals surface area contributed by atoms with Crippen molar-refractivity contribution in [2.45, 2.75) is 18.5 Å². The van der Waals surface area contributed by atoms with Gasteiger partial charge in [0.05, 0.1) is 0 Å². The van der Waals surface area contributed by atoms with Gasteiger partial charge in [0.15, 0.2) is 0 Å². The molecule has 0 fully saturated rings. The van der Waals surface area contributed by atoms with Crippen molar-refractivity contribution in [2.75, 3.05) is 33.7 Å². The summed E-state index contributed by atoms with van der Waals surface area (Å²) in [6, 6.07) is 0. The molecule has 0 radical (unpaired) electrons. The summed E-state index contributed by atoms with van der Waals surface area (Å²) in [7, 11) is 3.37. The van der Waals surface area contributed by atoms with E-state index in [1.807, 2.05) is 0 Å². The number of carboxylic acids is 1. The number of carboxylic acid groups (broad SMARTS) is 1. The van der Waals surface area contributed by atoms with Crippen LogP contribution in [0.4, 0.5) is 22.0 Å². The number of aliphatic carboxylic acids is 1. The summed E-state index contributed by atoms with van der Waals surface area (Å²) in [6.07, 6.45) is -4.78. The molecular formula is C11H15F5N2O3. The fourth-order valence-corrected chi connectivity index (χ4v) is 1.22. The molecule has 1 N–H and O–H groups in total. The van der Waals surface area contributed by atoms with E-state index in [1.165, 1.54) is 0 Å². The molecule has 0 aliphatic rings. The quantitative estimate of drug-likeness (QED) is 0.396. The van der Waals surface area contributed by atoms with E-state index in [2.05, 4.69) is 4.84 Å². The average Bonchev–Trinajstić information content (AvgIpc) is 2.26. The van der Waals surface area contributed by atoms with Gasteiger partial charge < -0.3 is 10.0 Å². The van der Waals surface area contributed by atoms with Crippen molar-refractivity contribution in [1.82, 2.24) is 9.96 Å². The van der Waals surface area contributed by atoms with Gasteiger partial charge in [0.25, 0.3) is 0 Å². The Morgan fingerprint density at radius 2 is 1.81 bits per heavy atom. The molecule has 21 heavy (non-hydrogen) atoms. The monoisotopic (exact) mass is 318 g/mol. The summed E-state index contributed by atoms with van der Waals surface area (Å²) < 4.78 is 63.7. The molecule has 0 atom stereocenters. The number of carbonyl (C=O) groups is 1. The molecule has 0 aromatic heterocycles. The van der Waals surface area contributed by atoms with Crippen LogP contribution in [0, 0.1) is 12.1 Å². The molecule has 0 saturated heterocycles. The standard InChI is InChI=1S/C11H15F5N2O3/c1-17(2)6-3-7-18(8-9(19)20)21-11(15,16)10(13,14)4-5-12/h3,6-8H2,1-2H3,(H,19,20). The predicted molar refractivity (Wildman–Crippen MR) is 62.2 cm³/mol. The maximum Gasteiger partial charge on any atom is 0.447 e. The third kappa shape index (κ3) is 7.22. The number of nitrogens with zero attached hydrogens (tertiary/aromatic N) is 2. The number of alkyl halides is 4. The topological polar surface area (TPSA) is 53.0 Å². The largest absolute Gasteiger partial charge is 0.480 e. The molecular weight excluding hydrogens is 303 g/mol. The lowest BCUT2D eigenvalue weighted by atomic mass is 10.3. The second kappa shape index (κ2) is 8.11. The Morgan fingerprint density at radius 1 is 1.24 bits per heavy atom. The third-order valence-electron chi connectivity index (χ3n) is 2.14. The first kappa shape index (κ1) is 19.6. The van der Waals surface area contributed by atoms with Gasteiger partial charge in [0.1, 0.15) is 12.7 Å². The molecule has 0 spiro atoms. The van der Waals surface area contributed by atoms with E-state index in [4.69, 9.17) is 5.11 Å². The minimum Gasteiger partial charge on any atom is -0.480 e. The van der Waals surface area contributed by atoms with E-state index >= 15 is 0 Å². The number of rotatable bonds is 9. The average molecular weight is 318 g/mol. The van der Waals surface area contributed by atoms with Crippen molar-refractivity contribution < 1.29 is 36.7 Å². The SMILES string of the molecule is CN(C)CCCN(CC(=O)O)OC(F)(F)C(F)(F)C#CF. The van der Waals surface area contributed by atoms with Gasteiger partial charge in [-0.1, -0.05) is 0 Å². The van der Waals surface area contributed by atoms with E-state index in [-0.39, 0.29) is 24.2 Å². The smallest absolute Gasteiger partial charge is 0.447 e. The Bertz CT molecular complexity index is 406. The van der Waals surface area contributed by atoms with E-state index < -0.39 is 24.5 Å². The summed E-state index contributed by atoms with van der Waals surface area (Å²) >= 11 is 0. The van der Waals surface area contributed by atoms with Crippen molar-refractivity contribution in [3.05, 3.63) is 0 Å². The molecule has 0 heterocycles. The number of hydrogen-bond acceptors (Lipinski definition) is 4. The van der Waals surface area contributed by atoms with Crippen LogP contribution in [0.1, 0.15) is 6.42 Å². The zero-order valence-electron chi connectivity index (χ0n) is 11.4. The van der Waals surface area contributed by atoms with Crippen LogP contribution in [0.15, 0.2) is 0 Å². The van der Waals surface area contributed by atoms with Gasteiger partial charge in [-0.05, 0) is 27.1 Å². The summed E-state index contributed by atoms with van der Waals surface area (Å²) in [6.45, 7) is -0.979. The molecule has 0 amide bonds. The first-order valence-corrected chi connectivity index (χ1v) is 5.71. The highest BCUT2D eigenvalue weighted by Crippen LogP contribution is 2.35. The molecule has 0 saturated carbocycles. The van der Waals surface area contributed by atoms with Crippen LogP contribution >= 0.6 is 0 Å². The van der Waals surface area contributed by atoms with Crippen molar-refractivity contribution in [3.63, 3.8) is 0 Å².